The Morgan fingerprint density at radius 2 is 1.86 bits per heavy atom. The Kier molecular flexibility index (Phi) is 7.13. The van der Waals surface area contributed by atoms with Crippen molar-refractivity contribution in [3.63, 3.8) is 0 Å². The average Bonchev–Trinajstić information content (AvgIpc) is 3.11. The van der Waals surface area contributed by atoms with Crippen LogP contribution in [0.15, 0.2) is 40.7 Å². The maximum absolute atomic E-state index is 12.3. The third-order valence-electron chi connectivity index (χ3n) is 3.78. The van der Waals surface area contributed by atoms with E-state index in [9.17, 15) is 9.59 Å². The quantitative estimate of drug-likeness (QED) is 0.372. The van der Waals surface area contributed by atoms with Crippen molar-refractivity contribution in [3.05, 3.63) is 63.1 Å². The topological polar surface area (TPSA) is 84.0 Å². The van der Waals surface area contributed by atoms with Crippen LogP contribution in [0.4, 0.5) is 10.8 Å². The standard InChI is InChI=1S/C19H16Cl2N4O2S2/c1-10-3-6-15(11(2)7-10)22-16(26)9-28-19-25-24-18(29-19)23-17(27)13-8-12(20)4-5-14(13)21/h3-8H,9H2,1-2H3,(H,22,26)(H,23,24,27). The number of carbonyl (C=O) groups excluding carboxylic acids is 2. The lowest BCUT2D eigenvalue weighted by Gasteiger charge is -2.08. The van der Waals surface area contributed by atoms with Crippen molar-refractivity contribution in [2.45, 2.75) is 18.2 Å². The van der Waals surface area contributed by atoms with Gasteiger partial charge in [-0.1, -0.05) is 64.0 Å². The van der Waals surface area contributed by atoms with Crippen molar-refractivity contribution < 1.29 is 9.59 Å². The monoisotopic (exact) mass is 466 g/mol. The third-order valence-corrected chi connectivity index (χ3v) is 6.32. The van der Waals surface area contributed by atoms with Crippen molar-refractivity contribution in [3.8, 4) is 0 Å². The van der Waals surface area contributed by atoms with Crippen molar-refractivity contribution in [2.24, 2.45) is 0 Å². The second-order valence-corrected chi connectivity index (χ2v) is 9.15. The molecule has 10 heteroatoms. The summed E-state index contributed by atoms with van der Waals surface area (Å²) in [6.45, 7) is 3.95. The van der Waals surface area contributed by atoms with Gasteiger partial charge in [-0.05, 0) is 43.7 Å². The molecule has 0 spiro atoms. The summed E-state index contributed by atoms with van der Waals surface area (Å²) >= 11 is 14.4. The Bertz CT molecular complexity index is 1070. The van der Waals surface area contributed by atoms with E-state index in [4.69, 9.17) is 23.2 Å². The SMILES string of the molecule is Cc1ccc(NC(=O)CSc2nnc(NC(=O)c3cc(Cl)ccc3Cl)s2)c(C)c1. The lowest BCUT2D eigenvalue weighted by molar-refractivity contribution is -0.113. The molecule has 0 saturated carbocycles. The molecule has 0 fully saturated rings. The first-order valence-corrected chi connectivity index (χ1v) is 11.0. The third kappa shape index (κ3) is 5.93. The summed E-state index contributed by atoms with van der Waals surface area (Å²) in [5.41, 5.74) is 3.17. The molecule has 0 aliphatic rings. The second kappa shape index (κ2) is 9.58. The van der Waals surface area contributed by atoms with Gasteiger partial charge >= 0.3 is 0 Å². The van der Waals surface area contributed by atoms with Crippen LogP contribution in [0.25, 0.3) is 0 Å². The van der Waals surface area contributed by atoms with E-state index in [1.807, 2.05) is 32.0 Å². The molecule has 6 nitrogen and oxygen atoms in total. The number of halogens is 2. The Morgan fingerprint density at radius 1 is 1.07 bits per heavy atom. The number of rotatable bonds is 6. The van der Waals surface area contributed by atoms with Gasteiger partial charge in [0.05, 0.1) is 16.3 Å². The van der Waals surface area contributed by atoms with E-state index in [1.165, 1.54) is 29.2 Å². The van der Waals surface area contributed by atoms with Crippen LogP contribution in [0.5, 0.6) is 0 Å². The molecule has 1 heterocycles. The molecule has 150 valence electrons. The fraction of sp³-hybridized carbons (Fsp3) is 0.158. The van der Waals surface area contributed by atoms with Crippen molar-refractivity contribution in [1.82, 2.24) is 10.2 Å². The fourth-order valence-electron chi connectivity index (χ4n) is 2.42. The molecule has 0 unspecified atom stereocenters. The van der Waals surface area contributed by atoms with Crippen molar-refractivity contribution in [1.29, 1.82) is 0 Å². The Hall–Kier alpha value is -2.13. The highest BCUT2D eigenvalue weighted by Gasteiger charge is 2.15. The lowest BCUT2D eigenvalue weighted by atomic mass is 10.1. The van der Waals surface area contributed by atoms with Gasteiger partial charge in [0.2, 0.25) is 11.0 Å². The van der Waals surface area contributed by atoms with E-state index in [-0.39, 0.29) is 22.2 Å². The minimum absolute atomic E-state index is 0.145. The van der Waals surface area contributed by atoms with E-state index in [2.05, 4.69) is 20.8 Å². The molecule has 29 heavy (non-hydrogen) atoms. The molecule has 3 aromatic rings. The van der Waals surface area contributed by atoms with E-state index in [0.29, 0.717) is 14.5 Å². The smallest absolute Gasteiger partial charge is 0.259 e. The summed E-state index contributed by atoms with van der Waals surface area (Å²) in [6.07, 6.45) is 0. The summed E-state index contributed by atoms with van der Waals surface area (Å²) in [4.78, 5) is 24.5. The fourth-order valence-corrected chi connectivity index (χ4v) is 4.34. The van der Waals surface area contributed by atoms with Gasteiger partial charge in [0, 0.05) is 10.7 Å². The van der Waals surface area contributed by atoms with Crippen LogP contribution < -0.4 is 10.6 Å². The molecule has 0 atom stereocenters. The molecule has 0 bridgehead atoms. The van der Waals surface area contributed by atoms with E-state index >= 15 is 0 Å². The molecular formula is C19H16Cl2N4O2S2. The molecule has 1 aromatic heterocycles. The molecule has 2 N–H and O–H groups in total. The highest BCUT2D eigenvalue weighted by atomic mass is 35.5. The van der Waals surface area contributed by atoms with Crippen LogP contribution in [0.3, 0.4) is 0 Å². The normalized spacial score (nSPS) is 10.6. The number of nitrogens with zero attached hydrogens (tertiary/aromatic N) is 2. The summed E-state index contributed by atoms with van der Waals surface area (Å²) in [7, 11) is 0. The molecular weight excluding hydrogens is 451 g/mol. The summed E-state index contributed by atoms with van der Waals surface area (Å²) in [5.74, 6) is -0.401. The Labute approximate surface area is 186 Å². The predicted octanol–water partition coefficient (Wildman–Crippen LogP) is 5.44. The van der Waals surface area contributed by atoms with Crippen LogP contribution in [-0.4, -0.2) is 27.8 Å². The van der Waals surface area contributed by atoms with Crippen LogP contribution in [0, 0.1) is 13.8 Å². The number of benzene rings is 2. The maximum Gasteiger partial charge on any atom is 0.259 e. The average molecular weight is 467 g/mol. The zero-order valence-electron chi connectivity index (χ0n) is 15.5. The van der Waals surface area contributed by atoms with Crippen molar-refractivity contribution >= 4 is 68.9 Å². The lowest BCUT2D eigenvalue weighted by Crippen LogP contribution is -2.14. The highest BCUT2D eigenvalue weighted by molar-refractivity contribution is 8.01. The number of hydrogen-bond donors (Lipinski definition) is 2. The Morgan fingerprint density at radius 3 is 2.62 bits per heavy atom. The van der Waals surface area contributed by atoms with E-state index < -0.39 is 5.91 Å². The van der Waals surface area contributed by atoms with Gasteiger partial charge in [-0.25, -0.2) is 0 Å². The molecule has 2 amide bonds. The zero-order chi connectivity index (χ0) is 21.0. The van der Waals surface area contributed by atoms with E-state index in [0.717, 1.165) is 16.8 Å². The number of carbonyl (C=O) groups is 2. The summed E-state index contributed by atoms with van der Waals surface area (Å²) in [6, 6.07) is 10.5. The first kappa shape index (κ1) is 21.6. The van der Waals surface area contributed by atoms with Crippen LogP contribution in [0.2, 0.25) is 10.0 Å². The van der Waals surface area contributed by atoms with E-state index in [1.54, 1.807) is 12.1 Å². The van der Waals surface area contributed by atoms with Gasteiger partial charge in [0.25, 0.3) is 5.91 Å². The highest BCUT2D eigenvalue weighted by Crippen LogP contribution is 2.27. The van der Waals surface area contributed by atoms with Crippen LogP contribution >= 0.6 is 46.3 Å². The maximum atomic E-state index is 12.3. The van der Waals surface area contributed by atoms with Crippen molar-refractivity contribution in [2.75, 3.05) is 16.4 Å². The number of aryl methyl sites for hydroxylation is 2. The molecule has 2 aromatic carbocycles. The molecule has 0 aliphatic heterocycles. The number of aromatic nitrogens is 2. The number of thioether (sulfide) groups is 1. The molecule has 0 aliphatic carbocycles. The van der Waals surface area contributed by atoms with Gasteiger partial charge in [-0.3, -0.25) is 14.9 Å². The predicted molar refractivity (Wildman–Crippen MR) is 120 cm³/mol. The first-order chi connectivity index (χ1) is 13.8. The minimum Gasteiger partial charge on any atom is -0.325 e. The van der Waals surface area contributed by atoms with Crippen LogP contribution in [-0.2, 0) is 4.79 Å². The van der Waals surface area contributed by atoms with Gasteiger partial charge in [0.1, 0.15) is 0 Å². The van der Waals surface area contributed by atoms with Gasteiger partial charge < -0.3 is 5.32 Å². The first-order valence-electron chi connectivity index (χ1n) is 8.41. The Balaban J connectivity index is 1.55. The minimum atomic E-state index is -0.433. The van der Waals surface area contributed by atoms with Gasteiger partial charge in [-0.15, -0.1) is 10.2 Å². The second-order valence-electron chi connectivity index (χ2n) is 6.11. The number of nitrogens with one attached hydrogen (secondary N) is 2. The van der Waals surface area contributed by atoms with Crippen LogP contribution in [0.1, 0.15) is 21.5 Å². The largest absolute Gasteiger partial charge is 0.325 e. The summed E-state index contributed by atoms with van der Waals surface area (Å²) in [5, 5.41) is 14.4. The molecule has 0 saturated heterocycles. The zero-order valence-corrected chi connectivity index (χ0v) is 18.6. The number of amides is 2. The van der Waals surface area contributed by atoms with Gasteiger partial charge in [0.15, 0.2) is 4.34 Å². The number of hydrogen-bond acceptors (Lipinski definition) is 6. The molecule has 3 rings (SSSR count). The summed E-state index contributed by atoms with van der Waals surface area (Å²) < 4.78 is 0.563. The number of anilines is 2. The molecule has 0 radical (unpaired) electrons. The van der Waals surface area contributed by atoms with Gasteiger partial charge in [-0.2, -0.15) is 0 Å².